The van der Waals surface area contributed by atoms with E-state index >= 15 is 0 Å². The largest absolute Gasteiger partial charge is 0.376 e. The molecule has 6 nitrogen and oxygen atoms in total. The van der Waals surface area contributed by atoms with Crippen LogP contribution in [0.5, 0.6) is 0 Å². The van der Waals surface area contributed by atoms with Crippen LogP contribution in [0.25, 0.3) is 11.0 Å². The number of rotatable bonds is 3. The Kier molecular flexibility index (Phi) is 4.85. The summed E-state index contributed by atoms with van der Waals surface area (Å²) in [5.41, 5.74) is 3.33. The maximum absolute atomic E-state index is 5.65. The smallest absolute Gasteiger partial charge is 0.169 e. The maximum Gasteiger partial charge on any atom is 0.169 e. The lowest BCUT2D eigenvalue weighted by Gasteiger charge is -2.34. The molecule has 2 aromatic rings. The lowest BCUT2D eigenvalue weighted by molar-refractivity contribution is 0.113. The highest BCUT2D eigenvalue weighted by molar-refractivity contribution is 7.80. The molecule has 0 spiro atoms. The molecule has 2 saturated heterocycles. The molecule has 2 aliphatic heterocycles. The summed E-state index contributed by atoms with van der Waals surface area (Å²) in [6.07, 6.45) is 4.69. The number of nitrogens with zero attached hydrogens (tertiary/aromatic N) is 4. The fraction of sp³-hybridized carbons (Fsp3) is 0.611. The van der Waals surface area contributed by atoms with Gasteiger partial charge in [0, 0.05) is 26.2 Å². The molecule has 134 valence electrons. The summed E-state index contributed by atoms with van der Waals surface area (Å²) in [5, 5.41) is 13.0. The molecule has 1 N–H and O–H groups in total. The topological polar surface area (TPSA) is 55.2 Å². The van der Waals surface area contributed by atoms with Crippen molar-refractivity contribution in [3.05, 3.63) is 23.8 Å². The summed E-state index contributed by atoms with van der Waals surface area (Å²) < 4.78 is 7.74. The van der Waals surface area contributed by atoms with Crippen molar-refractivity contribution in [2.24, 2.45) is 0 Å². The first-order valence-corrected chi connectivity index (χ1v) is 9.57. The molecule has 25 heavy (non-hydrogen) atoms. The predicted molar refractivity (Wildman–Crippen MR) is 102 cm³/mol. The second kappa shape index (κ2) is 7.25. The van der Waals surface area contributed by atoms with Crippen LogP contribution >= 0.6 is 12.2 Å². The van der Waals surface area contributed by atoms with Crippen LogP contribution in [0.3, 0.4) is 0 Å². The van der Waals surface area contributed by atoms with Crippen molar-refractivity contribution in [1.82, 2.24) is 25.2 Å². The minimum absolute atomic E-state index is 0.320. The van der Waals surface area contributed by atoms with Gasteiger partial charge < -0.3 is 15.0 Å². The normalized spacial score (nSPS) is 21.8. The number of hydrogen-bond donors (Lipinski definition) is 1. The molecule has 0 saturated carbocycles. The van der Waals surface area contributed by atoms with E-state index in [-0.39, 0.29) is 0 Å². The Morgan fingerprint density at radius 1 is 1.32 bits per heavy atom. The van der Waals surface area contributed by atoms with E-state index in [1.807, 2.05) is 0 Å². The van der Waals surface area contributed by atoms with Gasteiger partial charge in [0.25, 0.3) is 0 Å². The van der Waals surface area contributed by atoms with Crippen LogP contribution in [0.2, 0.25) is 0 Å². The number of fused-ring (bicyclic) bond motifs is 1. The molecule has 0 amide bonds. The van der Waals surface area contributed by atoms with Gasteiger partial charge in [0.2, 0.25) is 0 Å². The Bertz CT molecular complexity index is 747. The Morgan fingerprint density at radius 3 is 2.92 bits per heavy atom. The minimum atomic E-state index is 0.320. The molecule has 4 rings (SSSR count). The van der Waals surface area contributed by atoms with Crippen LogP contribution in [0, 0.1) is 6.92 Å². The van der Waals surface area contributed by atoms with Crippen molar-refractivity contribution in [1.29, 1.82) is 0 Å². The Balaban J connectivity index is 1.33. The van der Waals surface area contributed by atoms with Gasteiger partial charge in [-0.25, -0.2) is 4.68 Å². The molecule has 1 unspecified atom stereocenters. The summed E-state index contributed by atoms with van der Waals surface area (Å²) in [4.78, 5) is 2.27. The first-order chi connectivity index (χ1) is 12.2. The van der Waals surface area contributed by atoms with Crippen LogP contribution < -0.4 is 5.32 Å². The highest BCUT2D eigenvalue weighted by atomic mass is 32.1. The van der Waals surface area contributed by atoms with Gasteiger partial charge in [-0.2, -0.15) is 0 Å². The molecule has 2 aliphatic rings. The molecular formula is C18H25N5OS. The summed E-state index contributed by atoms with van der Waals surface area (Å²) in [6, 6.07) is 6.75. The van der Waals surface area contributed by atoms with Gasteiger partial charge >= 0.3 is 0 Å². The first kappa shape index (κ1) is 16.7. The monoisotopic (exact) mass is 359 g/mol. The highest BCUT2D eigenvalue weighted by Crippen LogP contribution is 2.25. The van der Waals surface area contributed by atoms with Crippen molar-refractivity contribution in [3.8, 4) is 0 Å². The van der Waals surface area contributed by atoms with E-state index in [1.165, 1.54) is 5.56 Å². The second-order valence-corrected chi connectivity index (χ2v) is 7.45. The van der Waals surface area contributed by atoms with Gasteiger partial charge in [0.15, 0.2) is 5.11 Å². The zero-order chi connectivity index (χ0) is 17.2. The summed E-state index contributed by atoms with van der Waals surface area (Å²) in [6.45, 7) is 5.70. The third-order valence-electron chi connectivity index (χ3n) is 5.23. The number of aryl methyl sites for hydroxylation is 1. The van der Waals surface area contributed by atoms with E-state index in [4.69, 9.17) is 17.0 Å². The summed E-state index contributed by atoms with van der Waals surface area (Å²) in [5.74, 6) is 0. The molecule has 1 aromatic carbocycles. The molecule has 3 heterocycles. The lowest BCUT2D eigenvalue weighted by Crippen LogP contribution is -2.46. The summed E-state index contributed by atoms with van der Waals surface area (Å²) >= 11 is 5.56. The maximum atomic E-state index is 5.65. The molecule has 0 aliphatic carbocycles. The number of piperidine rings is 1. The third-order valence-corrected chi connectivity index (χ3v) is 5.63. The Hall–Kier alpha value is -1.73. The van der Waals surface area contributed by atoms with E-state index < -0.39 is 0 Å². The quantitative estimate of drug-likeness (QED) is 0.850. The van der Waals surface area contributed by atoms with Gasteiger partial charge in [0.1, 0.15) is 5.52 Å². The molecule has 2 fully saturated rings. The van der Waals surface area contributed by atoms with Gasteiger partial charge in [-0.1, -0.05) is 11.3 Å². The average molecular weight is 359 g/mol. The fourth-order valence-corrected chi connectivity index (χ4v) is 4.02. The number of benzene rings is 1. The van der Waals surface area contributed by atoms with Crippen LogP contribution in [-0.2, 0) is 4.74 Å². The molecule has 7 heteroatoms. The standard InChI is InChI=1S/C18H25N5OS/c1-13-4-5-17-16(11-13)20-21-23(17)14-6-8-22(9-7-14)18(25)19-12-15-3-2-10-24-15/h4-5,11,14-15H,2-3,6-10,12H2,1H3,(H,19,25). The molecule has 1 atom stereocenters. The summed E-state index contributed by atoms with van der Waals surface area (Å²) in [7, 11) is 0. The second-order valence-electron chi connectivity index (χ2n) is 7.07. The molecule has 0 bridgehead atoms. The number of aromatic nitrogens is 3. The number of thiocarbonyl (C=S) groups is 1. The fourth-order valence-electron chi connectivity index (χ4n) is 3.75. The van der Waals surface area contributed by atoms with Crippen molar-refractivity contribution < 1.29 is 4.74 Å². The lowest BCUT2D eigenvalue weighted by atomic mass is 10.1. The Labute approximate surface area is 153 Å². The Morgan fingerprint density at radius 2 is 2.16 bits per heavy atom. The third kappa shape index (κ3) is 3.62. The number of likely N-dealkylation sites (tertiary alicyclic amines) is 1. The zero-order valence-corrected chi connectivity index (χ0v) is 15.5. The minimum Gasteiger partial charge on any atom is -0.376 e. The van der Waals surface area contributed by atoms with Crippen molar-refractivity contribution in [2.75, 3.05) is 26.2 Å². The van der Waals surface area contributed by atoms with Gasteiger partial charge in [-0.15, -0.1) is 5.10 Å². The molecular weight excluding hydrogens is 334 g/mol. The SMILES string of the molecule is Cc1ccc2c(c1)nnn2C1CCN(C(=S)NCC2CCCO2)CC1. The van der Waals surface area contributed by atoms with Crippen LogP contribution in [-0.4, -0.2) is 57.4 Å². The number of nitrogens with one attached hydrogen (secondary N) is 1. The van der Waals surface area contributed by atoms with E-state index in [2.05, 4.69) is 50.3 Å². The van der Waals surface area contributed by atoms with Crippen molar-refractivity contribution in [2.45, 2.75) is 44.8 Å². The van der Waals surface area contributed by atoms with Gasteiger partial charge in [0.05, 0.1) is 17.7 Å². The van der Waals surface area contributed by atoms with E-state index in [1.54, 1.807) is 0 Å². The predicted octanol–water partition coefficient (Wildman–Crippen LogP) is 2.43. The van der Waals surface area contributed by atoms with Crippen LogP contribution in [0.4, 0.5) is 0 Å². The number of hydrogen-bond acceptors (Lipinski definition) is 4. The van der Waals surface area contributed by atoms with Crippen molar-refractivity contribution in [3.63, 3.8) is 0 Å². The van der Waals surface area contributed by atoms with E-state index in [0.29, 0.717) is 12.1 Å². The number of ether oxygens (including phenoxy) is 1. The van der Waals surface area contributed by atoms with Crippen LogP contribution in [0.15, 0.2) is 18.2 Å². The molecule has 0 radical (unpaired) electrons. The van der Waals surface area contributed by atoms with Gasteiger partial charge in [-0.05, 0) is 62.5 Å². The zero-order valence-electron chi connectivity index (χ0n) is 14.6. The average Bonchev–Trinajstić information content (AvgIpc) is 3.29. The van der Waals surface area contributed by atoms with Crippen molar-refractivity contribution >= 4 is 28.4 Å². The first-order valence-electron chi connectivity index (χ1n) is 9.16. The van der Waals surface area contributed by atoms with E-state index in [0.717, 1.165) is 68.1 Å². The van der Waals surface area contributed by atoms with Crippen LogP contribution in [0.1, 0.15) is 37.3 Å². The highest BCUT2D eigenvalue weighted by Gasteiger charge is 2.25. The van der Waals surface area contributed by atoms with Gasteiger partial charge in [-0.3, -0.25) is 0 Å². The van der Waals surface area contributed by atoms with E-state index in [9.17, 15) is 0 Å². The molecule has 1 aromatic heterocycles.